The topological polar surface area (TPSA) is 74.2 Å². The summed E-state index contributed by atoms with van der Waals surface area (Å²) in [6.45, 7) is 8.34. The number of thiazole rings is 1. The minimum Gasteiger partial charge on any atom is -0.391 e. The largest absolute Gasteiger partial charge is 0.391 e. The quantitative estimate of drug-likeness (QED) is 0.724. The molecule has 0 aliphatic rings. The minimum absolute atomic E-state index is 0.123. The van der Waals surface area contributed by atoms with Crippen LogP contribution in [-0.2, 0) is 6.42 Å². The summed E-state index contributed by atoms with van der Waals surface area (Å²) in [5, 5.41) is 16.1. The van der Waals surface area contributed by atoms with Gasteiger partial charge in [-0.05, 0) is 25.7 Å². The fourth-order valence-corrected chi connectivity index (χ4v) is 2.69. The van der Waals surface area contributed by atoms with E-state index in [4.69, 9.17) is 0 Å². The molecule has 114 valence electrons. The number of hydrogen-bond donors (Lipinski definition) is 3. The zero-order valence-electron chi connectivity index (χ0n) is 12.6. The highest BCUT2D eigenvalue weighted by atomic mass is 32.1. The van der Waals surface area contributed by atoms with E-state index >= 15 is 0 Å². The van der Waals surface area contributed by atoms with Gasteiger partial charge in [0.1, 0.15) is 5.01 Å². The van der Waals surface area contributed by atoms with Gasteiger partial charge in [-0.2, -0.15) is 0 Å². The maximum absolute atomic E-state index is 11.7. The number of aromatic nitrogens is 1. The van der Waals surface area contributed by atoms with E-state index in [-0.39, 0.29) is 18.6 Å². The lowest BCUT2D eigenvalue weighted by Gasteiger charge is -2.16. The van der Waals surface area contributed by atoms with E-state index in [0.717, 1.165) is 11.4 Å². The summed E-state index contributed by atoms with van der Waals surface area (Å²) >= 11 is 1.61. The molecule has 1 aromatic rings. The van der Waals surface area contributed by atoms with E-state index < -0.39 is 6.10 Å². The molecule has 0 fully saturated rings. The number of nitrogens with zero attached hydrogens (tertiary/aromatic N) is 1. The average molecular weight is 299 g/mol. The normalized spacial score (nSPS) is 14.1. The number of aryl methyl sites for hydroxylation is 1. The Labute approximate surface area is 124 Å². The zero-order chi connectivity index (χ0) is 15.1. The molecular weight excluding hydrogens is 274 g/mol. The first kappa shape index (κ1) is 16.9. The van der Waals surface area contributed by atoms with Crippen LogP contribution < -0.4 is 10.6 Å². The van der Waals surface area contributed by atoms with Crippen molar-refractivity contribution in [3.8, 4) is 0 Å². The molecule has 0 saturated heterocycles. The molecule has 2 amide bonds. The SMILES string of the molecule is CCc1cnc(C(C)NC(=O)NCC(O)CC(C)C)s1. The van der Waals surface area contributed by atoms with Crippen LogP contribution >= 0.6 is 11.3 Å². The molecule has 0 aliphatic carbocycles. The molecule has 0 bridgehead atoms. The number of carbonyl (C=O) groups is 1. The van der Waals surface area contributed by atoms with Crippen LogP contribution in [0.2, 0.25) is 0 Å². The second kappa shape index (κ2) is 8.21. The van der Waals surface area contributed by atoms with E-state index in [1.807, 2.05) is 27.0 Å². The summed E-state index contributed by atoms with van der Waals surface area (Å²) < 4.78 is 0. The summed E-state index contributed by atoms with van der Waals surface area (Å²) in [5.74, 6) is 0.413. The third-order valence-electron chi connectivity index (χ3n) is 2.88. The Bertz CT molecular complexity index is 420. The van der Waals surface area contributed by atoms with Crippen molar-refractivity contribution in [2.24, 2.45) is 5.92 Å². The predicted molar refractivity (Wildman–Crippen MR) is 81.9 cm³/mol. The van der Waals surface area contributed by atoms with Gasteiger partial charge < -0.3 is 15.7 Å². The average Bonchev–Trinajstić information content (AvgIpc) is 2.84. The molecule has 0 saturated carbocycles. The Morgan fingerprint density at radius 3 is 2.70 bits per heavy atom. The van der Waals surface area contributed by atoms with Gasteiger partial charge in [-0.1, -0.05) is 20.8 Å². The maximum atomic E-state index is 11.7. The molecule has 2 atom stereocenters. The fourth-order valence-electron chi connectivity index (χ4n) is 1.83. The van der Waals surface area contributed by atoms with Crippen molar-refractivity contribution < 1.29 is 9.90 Å². The van der Waals surface area contributed by atoms with Crippen LogP contribution in [0.4, 0.5) is 4.79 Å². The lowest BCUT2D eigenvalue weighted by Crippen LogP contribution is -2.41. The van der Waals surface area contributed by atoms with E-state index in [9.17, 15) is 9.90 Å². The molecule has 0 aliphatic heterocycles. The fraction of sp³-hybridized carbons (Fsp3) is 0.714. The van der Waals surface area contributed by atoms with Crippen molar-refractivity contribution in [2.45, 2.75) is 52.7 Å². The van der Waals surface area contributed by atoms with Crippen LogP contribution in [-0.4, -0.2) is 28.8 Å². The zero-order valence-corrected chi connectivity index (χ0v) is 13.5. The number of nitrogens with one attached hydrogen (secondary N) is 2. The summed E-state index contributed by atoms with van der Waals surface area (Å²) in [4.78, 5) is 17.2. The standard InChI is InChI=1S/C14H25N3O2S/c1-5-12-8-15-13(20-12)10(4)17-14(19)16-7-11(18)6-9(2)3/h8-11,18H,5-7H2,1-4H3,(H2,16,17,19). The van der Waals surface area contributed by atoms with Crippen LogP contribution in [0.1, 0.15) is 50.0 Å². The van der Waals surface area contributed by atoms with Crippen molar-refractivity contribution in [2.75, 3.05) is 6.54 Å². The Morgan fingerprint density at radius 2 is 2.15 bits per heavy atom. The van der Waals surface area contributed by atoms with Gasteiger partial charge in [0.2, 0.25) is 0 Å². The number of hydrogen-bond acceptors (Lipinski definition) is 4. The first-order valence-electron chi connectivity index (χ1n) is 7.09. The molecule has 5 nitrogen and oxygen atoms in total. The van der Waals surface area contributed by atoms with Crippen molar-refractivity contribution in [3.63, 3.8) is 0 Å². The highest BCUT2D eigenvalue weighted by molar-refractivity contribution is 7.11. The van der Waals surface area contributed by atoms with Crippen molar-refractivity contribution in [1.82, 2.24) is 15.6 Å². The highest BCUT2D eigenvalue weighted by Gasteiger charge is 2.14. The van der Waals surface area contributed by atoms with E-state index in [1.54, 1.807) is 11.3 Å². The van der Waals surface area contributed by atoms with Crippen molar-refractivity contribution in [3.05, 3.63) is 16.1 Å². The highest BCUT2D eigenvalue weighted by Crippen LogP contribution is 2.19. The summed E-state index contributed by atoms with van der Waals surface area (Å²) in [6.07, 6.45) is 2.99. The number of aliphatic hydroxyl groups is 1. The second-order valence-corrected chi connectivity index (χ2v) is 6.52. The lowest BCUT2D eigenvalue weighted by molar-refractivity contribution is 0.146. The van der Waals surface area contributed by atoms with Crippen LogP contribution in [0.15, 0.2) is 6.20 Å². The summed E-state index contributed by atoms with van der Waals surface area (Å²) in [7, 11) is 0. The van der Waals surface area contributed by atoms with E-state index in [1.165, 1.54) is 4.88 Å². The Morgan fingerprint density at radius 1 is 1.45 bits per heavy atom. The van der Waals surface area contributed by atoms with Gasteiger partial charge in [-0.25, -0.2) is 9.78 Å². The molecule has 0 aromatic carbocycles. The smallest absolute Gasteiger partial charge is 0.315 e. The molecule has 1 rings (SSSR count). The van der Waals surface area contributed by atoms with E-state index in [2.05, 4.69) is 22.5 Å². The Hall–Kier alpha value is -1.14. The van der Waals surface area contributed by atoms with Crippen molar-refractivity contribution >= 4 is 17.4 Å². The monoisotopic (exact) mass is 299 g/mol. The van der Waals surface area contributed by atoms with Crippen LogP contribution in [0, 0.1) is 5.92 Å². The van der Waals surface area contributed by atoms with Gasteiger partial charge in [0.25, 0.3) is 0 Å². The first-order valence-corrected chi connectivity index (χ1v) is 7.91. The van der Waals surface area contributed by atoms with Gasteiger partial charge in [0.05, 0.1) is 12.1 Å². The van der Waals surface area contributed by atoms with Crippen LogP contribution in [0.25, 0.3) is 0 Å². The predicted octanol–water partition coefficient (Wildman–Crippen LogP) is 2.47. The molecule has 0 radical (unpaired) electrons. The first-order chi connectivity index (χ1) is 9.42. The molecule has 1 heterocycles. The van der Waals surface area contributed by atoms with Gasteiger partial charge in [-0.15, -0.1) is 11.3 Å². The van der Waals surface area contributed by atoms with Gasteiger partial charge in [-0.3, -0.25) is 0 Å². The van der Waals surface area contributed by atoms with Crippen LogP contribution in [0.3, 0.4) is 0 Å². The number of carbonyl (C=O) groups excluding carboxylic acids is 1. The summed E-state index contributed by atoms with van der Waals surface area (Å²) in [6, 6.07) is -0.393. The van der Waals surface area contributed by atoms with Gasteiger partial charge in [0, 0.05) is 17.6 Å². The van der Waals surface area contributed by atoms with Gasteiger partial charge in [0.15, 0.2) is 0 Å². The van der Waals surface area contributed by atoms with Gasteiger partial charge >= 0.3 is 6.03 Å². The molecule has 2 unspecified atom stereocenters. The number of amides is 2. The minimum atomic E-state index is -0.498. The maximum Gasteiger partial charge on any atom is 0.315 e. The van der Waals surface area contributed by atoms with Crippen molar-refractivity contribution in [1.29, 1.82) is 0 Å². The third-order valence-corrected chi connectivity index (χ3v) is 4.20. The molecular formula is C14H25N3O2S. The Kier molecular flexibility index (Phi) is 6.95. The molecule has 20 heavy (non-hydrogen) atoms. The number of aliphatic hydroxyl groups excluding tert-OH is 1. The molecule has 3 N–H and O–H groups in total. The van der Waals surface area contributed by atoms with Crippen LogP contribution in [0.5, 0.6) is 0 Å². The molecule has 0 spiro atoms. The molecule has 1 aromatic heterocycles. The molecule has 6 heteroatoms. The van der Waals surface area contributed by atoms with E-state index in [0.29, 0.717) is 12.3 Å². The second-order valence-electron chi connectivity index (χ2n) is 5.38. The number of rotatable bonds is 7. The summed E-state index contributed by atoms with van der Waals surface area (Å²) in [5.41, 5.74) is 0. The lowest BCUT2D eigenvalue weighted by atomic mass is 10.1. The number of urea groups is 1. The third kappa shape index (κ3) is 5.88. The Balaban J connectivity index is 2.34.